The molecule has 155 valence electrons. The Hall–Kier alpha value is -3.20. The van der Waals surface area contributed by atoms with Gasteiger partial charge in [-0.25, -0.2) is 9.97 Å². The van der Waals surface area contributed by atoms with E-state index in [0.29, 0.717) is 16.7 Å². The monoisotopic (exact) mass is 407 g/mol. The fourth-order valence-electron chi connectivity index (χ4n) is 4.72. The first-order valence-corrected chi connectivity index (χ1v) is 10.9. The van der Waals surface area contributed by atoms with Gasteiger partial charge in [0.05, 0.1) is 16.6 Å². The highest BCUT2D eigenvalue weighted by molar-refractivity contribution is 5.93. The summed E-state index contributed by atoms with van der Waals surface area (Å²) in [7, 11) is 0. The molecular formula is C28H27N2O. The number of fused-ring (bicyclic) bond motifs is 1. The third-order valence-electron chi connectivity index (χ3n) is 6.50. The summed E-state index contributed by atoms with van der Waals surface area (Å²) in [5.41, 5.74) is 6.46. The van der Waals surface area contributed by atoms with Gasteiger partial charge in [-0.3, -0.25) is 0 Å². The van der Waals surface area contributed by atoms with Crippen molar-refractivity contribution in [2.75, 3.05) is 0 Å². The van der Waals surface area contributed by atoms with Crippen LogP contribution in [0.2, 0.25) is 0 Å². The summed E-state index contributed by atoms with van der Waals surface area (Å²) in [6.45, 7) is 7.00. The third kappa shape index (κ3) is 3.59. The zero-order valence-corrected chi connectivity index (χ0v) is 18.3. The maximum absolute atomic E-state index is 10.3. The van der Waals surface area contributed by atoms with Gasteiger partial charge in [-0.15, -0.1) is 0 Å². The van der Waals surface area contributed by atoms with Crippen LogP contribution in [0.15, 0.2) is 72.9 Å². The second-order valence-electron chi connectivity index (χ2n) is 9.51. The molecule has 3 nitrogen and oxygen atoms in total. The molecule has 5 rings (SSSR count). The lowest BCUT2D eigenvalue weighted by atomic mass is 9.59. The Morgan fingerprint density at radius 2 is 1.58 bits per heavy atom. The van der Waals surface area contributed by atoms with Crippen LogP contribution in [0.1, 0.15) is 39.2 Å². The zero-order chi connectivity index (χ0) is 21.6. The molecule has 1 atom stereocenters. The van der Waals surface area contributed by atoms with Crippen LogP contribution in [0, 0.1) is 17.3 Å². The molecule has 0 aliphatic heterocycles. The van der Waals surface area contributed by atoms with Crippen molar-refractivity contribution in [1.82, 2.24) is 9.97 Å². The molecule has 3 heteroatoms. The van der Waals surface area contributed by atoms with Crippen LogP contribution < -0.4 is 0 Å². The van der Waals surface area contributed by atoms with E-state index in [1.165, 1.54) is 18.4 Å². The molecule has 2 aromatic carbocycles. The van der Waals surface area contributed by atoms with Crippen molar-refractivity contribution in [2.24, 2.45) is 11.3 Å². The molecule has 1 aliphatic rings. The minimum absolute atomic E-state index is 0.0127. The van der Waals surface area contributed by atoms with Gasteiger partial charge in [0.2, 0.25) is 5.88 Å². The quantitative estimate of drug-likeness (QED) is 0.396. The van der Waals surface area contributed by atoms with Crippen LogP contribution in [0.5, 0.6) is 5.88 Å². The van der Waals surface area contributed by atoms with Crippen molar-refractivity contribution in [3.05, 3.63) is 84.4 Å². The van der Waals surface area contributed by atoms with Gasteiger partial charge < -0.3 is 5.11 Å². The highest BCUT2D eigenvalue weighted by atomic mass is 16.3. The number of pyridine rings is 2. The summed E-state index contributed by atoms with van der Waals surface area (Å²) in [5, 5.41) is 10.9. The van der Waals surface area contributed by atoms with E-state index in [1.54, 1.807) is 12.1 Å². The summed E-state index contributed by atoms with van der Waals surface area (Å²) in [4.78, 5) is 8.97. The van der Waals surface area contributed by atoms with Crippen LogP contribution in [0.25, 0.3) is 33.3 Å². The lowest BCUT2D eigenvalue weighted by Crippen LogP contribution is -2.35. The Morgan fingerprint density at radius 1 is 0.871 bits per heavy atom. The second kappa shape index (κ2) is 7.49. The van der Waals surface area contributed by atoms with Gasteiger partial charge in [-0.1, -0.05) is 75.4 Å². The molecule has 4 aromatic rings. The lowest BCUT2D eigenvalue weighted by molar-refractivity contribution is 0.180. The minimum atomic E-state index is 0.0127. The van der Waals surface area contributed by atoms with Crippen LogP contribution in [-0.2, 0) is 0 Å². The van der Waals surface area contributed by atoms with Crippen molar-refractivity contribution in [1.29, 1.82) is 0 Å². The molecule has 0 saturated heterocycles. The van der Waals surface area contributed by atoms with Crippen LogP contribution in [0.4, 0.5) is 0 Å². The van der Waals surface area contributed by atoms with Crippen molar-refractivity contribution >= 4 is 10.9 Å². The normalized spacial score (nSPS) is 16.9. The Kier molecular flexibility index (Phi) is 4.77. The summed E-state index contributed by atoms with van der Waals surface area (Å²) in [5.74, 6) is 2.25. The topological polar surface area (TPSA) is 46.0 Å². The Labute approximate surface area is 183 Å². The Balaban J connectivity index is 1.60. The molecule has 1 saturated carbocycles. The van der Waals surface area contributed by atoms with Gasteiger partial charge in [0.25, 0.3) is 0 Å². The summed E-state index contributed by atoms with van der Waals surface area (Å²) >= 11 is 0. The zero-order valence-electron chi connectivity index (χ0n) is 18.3. The molecule has 0 bridgehead atoms. The van der Waals surface area contributed by atoms with Gasteiger partial charge in [-0.2, -0.15) is 0 Å². The first kappa shape index (κ1) is 19.7. The van der Waals surface area contributed by atoms with Crippen molar-refractivity contribution in [2.45, 2.75) is 33.6 Å². The lowest BCUT2D eigenvalue weighted by Gasteiger charge is -2.45. The molecule has 31 heavy (non-hydrogen) atoms. The molecule has 1 radical (unpaired) electrons. The SMILES string of the molecule is CC(C)(C)C1CC[C]1c1ccc(-c2nc3ccnc(O)c3cc2-c2ccccc2)cc1. The van der Waals surface area contributed by atoms with E-state index < -0.39 is 0 Å². The van der Waals surface area contributed by atoms with Gasteiger partial charge in [0.15, 0.2) is 0 Å². The minimum Gasteiger partial charge on any atom is -0.493 e. The number of aromatic nitrogens is 2. The molecule has 1 N–H and O–H groups in total. The number of aromatic hydroxyl groups is 1. The van der Waals surface area contributed by atoms with Gasteiger partial charge >= 0.3 is 0 Å². The van der Waals surface area contributed by atoms with E-state index in [-0.39, 0.29) is 5.88 Å². The Morgan fingerprint density at radius 3 is 2.23 bits per heavy atom. The molecule has 1 unspecified atom stereocenters. The Bertz CT molecular complexity index is 1220. The van der Waals surface area contributed by atoms with Crippen LogP contribution in [0.3, 0.4) is 0 Å². The van der Waals surface area contributed by atoms with E-state index in [9.17, 15) is 5.11 Å². The summed E-state index contributed by atoms with van der Waals surface area (Å²) in [6, 6.07) is 22.9. The summed E-state index contributed by atoms with van der Waals surface area (Å²) in [6.07, 6.45) is 4.07. The van der Waals surface area contributed by atoms with E-state index in [2.05, 4.69) is 62.2 Å². The fourth-order valence-corrected chi connectivity index (χ4v) is 4.72. The van der Waals surface area contributed by atoms with E-state index in [4.69, 9.17) is 4.98 Å². The van der Waals surface area contributed by atoms with Crippen LogP contribution >= 0.6 is 0 Å². The fraction of sp³-hybridized carbons (Fsp3) is 0.250. The largest absolute Gasteiger partial charge is 0.493 e. The molecule has 0 spiro atoms. The number of hydrogen-bond donors (Lipinski definition) is 1. The molecule has 1 fully saturated rings. The molecule has 1 aliphatic carbocycles. The van der Waals surface area contributed by atoms with Crippen LogP contribution in [-0.4, -0.2) is 15.1 Å². The van der Waals surface area contributed by atoms with E-state index in [0.717, 1.165) is 27.9 Å². The maximum atomic E-state index is 10.3. The predicted octanol–water partition coefficient (Wildman–Crippen LogP) is 7.05. The highest BCUT2D eigenvalue weighted by Gasteiger charge is 2.40. The summed E-state index contributed by atoms with van der Waals surface area (Å²) < 4.78 is 0. The number of hydrogen-bond acceptors (Lipinski definition) is 3. The molecule has 2 heterocycles. The number of rotatable bonds is 3. The van der Waals surface area contributed by atoms with Gasteiger partial charge in [-0.05, 0) is 47.4 Å². The van der Waals surface area contributed by atoms with Gasteiger partial charge in [0.1, 0.15) is 0 Å². The van der Waals surface area contributed by atoms with E-state index in [1.807, 2.05) is 30.3 Å². The predicted molar refractivity (Wildman–Crippen MR) is 127 cm³/mol. The number of benzene rings is 2. The third-order valence-corrected chi connectivity index (χ3v) is 6.50. The van der Waals surface area contributed by atoms with Crippen molar-refractivity contribution in [3.63, 3.8) is 0 Å². The van der Waals surface area contributed by atoms with E-state index >= 15 is 0 Å². The first-order valence-electron chi connectivity index (χ1n) is 10.9. The molecular weight excluding hydrogens is 380 g/mol. The number of nitrogens with zero attached hydrogens (tertiary/aromatic N) is 2. The van der Waals surface area contributed by atoms with Crippen molar-refractivity contribution < 1.29 is 5.11 Å². The highest BCUT2D eigenvalue weighted by Crippen LogP contribution is 2.51. The average molecular weight is 408 g/mol. The second-order valence-corrected chi connectivity index (χ2v) is 9.51. The molecule has 2 aromatic heterocycles. The smallest absolute Gasteiger partial charge is 0.220 e. The first-order chi connectivity index (χ1) is 14.9. The maximum Gasteiger partial charge on any atom is 0.220 e. The average Bonchev–Trinajstić information content (AvgIpc) is 2.72. The van der Waals surface area contributed by atoms with Gasteiger partial charge in [0, 0.05) is 23.2 Å². The standard InChI is InChI=1S/C28H27N2O/c1-28(2,3)24-14-13-21(24)19-9-11-20(12-10-19)26-22(18-7-5-4-6-8-18)17-23-25(30-26)15-16-29-27(23)31/h4-12,15-17,24H,13-14H2,1-3H3,(H,29,31). The van der Waals surface area contributed by atoms with Crippen molar-refractivity contribution in [3.8, 4) is 28.3 Å². The molecule has 0 amide bonds.